The second kappa shape index (κ2) is 6.18. The van der Waals surface area contributed by atoms with E-state index in [-0.39, 0.29) is 6.04 Å². The lowest BCUT2D eigenvalue weighted by molar-refractivity contribution is -0.134. The molecule has 1 aliphatic heterocycles. The summed E-state index contributed by atoms with van der Waals surface area (Å²) in [5, 5.41) is 0. The van der Waals surface area contributed by atoms with Crippen molar-refractivity contribution >= 4 is 5.91 Å². The number of carbonyl (C=O) groups is 1. The maximum absolute atomic E-state index is 12.9. The summed E-state index contributed by atoms with van der Waals surface area (Å²) in [5.74, 6) is 0.348. The van der Waals surface area contributed by atoms with Crippen molar-refractivity contribution in [2.24, 2.45) is 0 Å². The van der Waals surface area contributed by atoms with Gasteiger partial charge in [-0.1, -0.05) is 38.1 Å². The molecule has 1 fully saturated rings. The molecule has 114 valence electrons. The molecule has 21 heavy (non-hydrogen) atoms. The third-order valence-corrected chi connectivity index (χ3v) is 5.18. The van der Waals surface area contributed by atoms with Crippen molar-refractivity contribution in [3.8, 4) is 0 Å². The van der Waals surface area contributed by atoms with E-state index in [9.17, 15) is 4.79 Å². The van der Waals surface area contributed by atoms with Crippen LogP contribution in [0, 0.1) is 0 Å². The van der Waals surface area contributed by atoms with Gasteiger partial charge in [-0.25, -0.2) is 0 Å². The second-order valence-electron chi connectivity index (χ2n) is 6.16. The largest absolute Gasteiger partial charge is 0.334 e. The van der Waals surface area contributed by atoms with Gasteiger partial charge in [0.05, 0.1) is 12.1 Å². The zero-order valence-electron chi connectivity index (χ0n) is 13.2. The molecular formula is C18H26N2O. The van der Waals surface area contributed by atoms with E-state index in [2.05, 4.69) is 47.9 Å². The van der Waals surface area contributed by atoms with Gasteiger partial charge in [0.15, 0.2) is 0 Å². The van der Waals surface area contributed by atoms with Crippen LogP contribution in [-0.2, 0) is 11.2 Å². The van der Waals surface area contributed by atoms with E-state index < -0.39 is 0 Å². The second-order valence-corrected chi connectivity index (χ2v) is 6.16. The minimum Gasteiger partial charge on any atom is -0.334 e. The minimum absolute atomic E-state index is 0.106. The summed E-state index contributed by atoms with van der Waals surface area (Å²) >= 11 is 0. The maximum atomic E-state index is 12.9. The molecule has 0 radical (unpaired) electrons. The van der Waals surface area contributed by atoms with E-state index in [4.69, 9.17) is 0 Å². The Bertz CT molecular complexity index is 510. The molecule has 3 heteroatoms. The Balaban J connectivity index is 1.82. The number of rotatable bonds is 4. The van der Waals surface area contributed by atoms with Crippen LogP contribution in [0.5, 0.6) is 0 Å². The summed E-state index contributed by atoms with van der Waals surface area (Å²) in [6.07, 6.45) is 4.46. The number of carbonyl (C=O) groups excluding carboxylic acids is 1. The molecule has 0 N–H and O–H groups in total. The van der Waals surface area contributed by atoms with E-state index in [1.165, 1.54) is 17.5 Å². The Morgan fingerprint density at radius 2 is 1.95 bits per heavy atom. The molecule has 0 spiro atoms. The van der Waals surface area contributed by atoms with Crippen molar-refractivity contribution < 1.29 is 4.79 Å². The molecule has 0 unspecified atom stereocenters. The van der Waals surface area contributed by atoms with Gasteiger partial charge in [0.2, 0.25) is 5.91 Å². The van der Waals surface area contributed by atoms with Crippen molar-refractivity contribution in [3.05, 3.63) is 35.4 Å². The number of fused-ring (bicyclic) bond motifs is 1. The molecule has 1 aromatic rings. The number of nitrogens with zero attached hydrogens (tertiary/aromatic N) is 2. The smallest absolute Gasteiger partial charge is 0.240 e. The van der Waals surface area contributed by atoms with Gasteiger partial charge in [0.1, 0.15) is 0 Å². The molecule has 3 nitrogen and oxygen atoms in total. The summed E-state index contributed by atoms with van der Waals surface area (Å²) in [5.41, 5.74) is 2.82. The molecule has 1 saturated heterocycles. The standard InChI is InChI=1S/C18H26N2O/c1-3-19(4-2)17-12-13-20(18(17)21)16-11-7-9-14-8-5-6-10-15(14)16/h5-6,8,10,16-17H,3-4,7,9,11-13H2,1-2H3/t16-,17+/m0/s1. The summed E-state index contributed by atoms with van der Waals surface area (Å²) < 4.78 is 0. The van der Waals surface area contributed by atoms with Gasteiger partial charge < -0.3 is 4.90 Å². The van der Waals surface area contributed by atoms with Gasteiger partial charge in [0.25, 0.3) is 0 Å². The summed E-state index contributed by atoms with van der Waals surface area (Å²) in [7, 11) is 0. The lowest BCUT2D eigenvalue weighted by Gasteiger charge is -2.34. The normalized spacial score (nSPS) is 25.5. The molecular weight excluding hydrogens is 260 g/mol. The maximum Gasteiger partial charge on any atom is 0.240 e. The van der Waals surface area contributed by atoms with Crippen LogP contribution in [0.15, 0.2) is 24.3 Å². The lowest BCUT2D eigenvalue weighted by Crippen LogP contribution is -2.43. The summed E-state index contributed by atoms with van der Waals surface area (Å²) in [6, 6.07) is 9.09. The lowest BCUT2D eigenvalue weighted by atomic mass is 9.87. The molecule has 0 bridgehead atoms. The third kappa shape index (κ3) is 2.59. The first-order valence-electron chi connectivity index (χ1n) is 8.38. The van der Waals surface area contributed by atoms with E-state index >= 15 is 0 Å². The first kappa shape index (κ1) is 14.6. The average molecular weight is 286 g/mol. The molecule has 1 aliphatic carbocycles. The molecule has 0 aromatic heterocycles. The van der Waals surface area contributed by atoms with Crippen LogP contribution in [0.3, 0.4) is 0 Å². The van der Waals surface area contributed by atoms with Crippen molar-refractivity contribution in [1.29, 1.82) is 0 Å². The molecule has 3 rings (SSSR count). The average Bonchev–Trinajstić information content (AvgIpc) is 2.90. The number of likely N-dealkylation sites (N-methyl/N-ethyl adjacent to an activating group) is 1. The topological polar surface area (TPSA) is 23.6 Å². The molecule has 1 amide bonds. The van der Waals surface area contributed by atoms with Crippen molar-refractivity contribution in [2.45, 2.75) is 51.6 Å². The van der Waals surface area contributed by atoms with Gasteiger partial charge in [-0.2, -0.15) is 0 Å². The monoisotopic (exact) mass is 286 g/mol. The van der Waals surface area contributed by atoms with Crippen LogP contribution in [0.4, 0.5) is 0 Å². The fourth-order valence-corrected chi connectivity index (χ4v) is 4.05. The number of hydrogen-bond acceptors (Lipinski definition) is 2. The Morgan fingerprint density at radius 3 is 2.71 bits per heavy atom. The SMILES string of the molecule is CCN(CC)[C@@H]1CCN([C@H]2CCCc3ccccc32)C1=O. The van der Waals surface area contributed by atoms with E-state index in [0.29, 0.717) is 11.9 Å². The van der Waals surface area contributed by atoms with Crippen molar-refractivity contribution in [3.63, 3.8) is 0 Å². The number of amides is 1. The first-order chi connectivity index (χ1) is 10.3. The van der Waals surface area contributed by atoms with Crippen molar-refractivity contribution in [2.75, 3.05) is 19.6 Å². The Kier molecular flexibility index (Phi) is 4.29. The highest BCUT2D eigenvalue weighted by Gasteiger charge is 2.39. The van der Waals surface area contributed by atoms with Crippen molar-refractivity contribution in [1.82, 2.24) is 9.80 Å². The van der Waals surface area contributed by atoms with Crippen LogP contribution in [-0.4, -0.2) is 41.4 Å². The highest BCUT2D eigenvalue weighted by Crippen LogP contribution is 2.37. The predicted molar refractivity (Wildman–Crippen MR) is 85.2 cm³/mol. The van der Waals surface area contributed by atoms with Crippen LogP contribution >= 0.6 is 0 Å². The quantitative estimate of drug-likeness (QED) is 0.849. The van der Waals surface area contributed by atoms with Gasteiger partial charge in [-0.15, -0.1) is 0 Å². The Morgan fingerprint density at radius 1 is 1.19 bits per heavy atom. The predicted octanol–water partition coefficient (Wildman–Crippen LogP) is 3.01. The van der Waals surface area contributed by atoms with E-state index in [1.54, 1.807) is 0 Å². The Labute approximate surface area is 127 Å². The highest BCUT2D eigenvalue weighted by molar-refractivity contribution is 5.84. The van der Waals surface area contributed by atoms with Gasteiger partial charge in [0, 0.05) is 6.54 Å². The zero-order chi connectivity index (χ0) is 14.8. The number of benzene rings is 1. The van der Waals surface area contributed by atoms with Gasteiger partial charge >= 0.3 is 0 Å². The fraction of sp³-hybridized carbons (Fsp3) is 0.611. The van der Waals surface area contributed by atoms with Crippen LogP contribution in [0.2, 0.25) is 0 Å². The fourth-order valence-electron chi connectivity index (χ4n) is 4.05. The van der Waals surface area contributed by atoms with E-state index in [0.717, 1.165) is 38.9 Å². The number of likely N-dealkylation sites (tertiary alicyclic amines) is 1. The van der Waals surface area contributed by atoms with E-state index in [1.807, 2.05) is 0 Å². The molecule has 2 aliphatic rings. The van der Waals surface area contributed by atoms with Crippen LogP contribution in [0.1, 0.15) is 50.3 Å². The highest BCUT2D eigenvalue weighted by atomic mass is 16.2. The Hall–Kier alpha value is -1.35. The zero-order valence-corrected chi connectivity index (χ0v) is 13.2. The molecule has 2 atom stereocenters. The number of hydrogen-bond donors (Lipinski definition) is 0. The van der Waals surface area contributed by atoms with Gasteiger partial charge in [-0.05, 0) is 49.9 Å². The summed E-state index contributed by atoms with van der Waals surface area (Å²) in [4.78, 5) is 17.3. The van der Waals surface area contributed by atoms with Gasteiger partial charge in [-0.3, -0.25) is 9.69 Å². The molecule has 1 aromatic carbocycles. The number of aryl methyl sites for hydroxylation is 1. The molecule has 0 saturated carbocycles. The molecule has 1 heterocycles. The minimum atomic E-state index is 0.106. The summed E-state index contributed by atoms with van der Waals surface area (Å²) in [6.45, 7) is 7.13. The third-order valence-electron chi connectivity index (χ3n) is 5.18. The van der Waals surface area contributed by atoms with Crippen LogP contribution < -0.4 is 0 Å². The first-order valence-corrected chi connectivity index (χ1v) is 8.38. The van der Waals surface area contributed by atoms with Crippen LogP contribution in [0.25, 0.3) is 0 Å².